The molecule has 0 saturated carbocycles. The maximum atomic E-state index is 11.0. The SMILES string of the molecule is O=Cc1ccn2c1-c1ccccc1OCC2. The zero-order valence-corrected chi connectivity index (χ0v) is 8.72. The molecule has 1 aromatic heterocycles. The first-order chi connectivity index (χ1) is 7.90. The van der Waals surface area contributed by atoms with Crippen molar-refractivity contribution in [2.75, 3.05) is 6.61 Å². The maximum Gasteiger partial charge on any atom is 0.152 e. The number of ether oxygens (including phenoxy) is 1. The van der Waals surface area contributed by atoms with Crippen LogP contribution in [0.2, 0.25) is 0 Å². The minimum Gasteiger partial charge on any atom is -0.491 e. The van der Waals surface area contributed by atoms with Gasteiger partial charge in [-0.25, -0.2) is 0 Å². The quantitative estimate of drug-likeness (QED) is 0.681. The number of benzene rings is 1. The molecule has 0 radical (unpaired) electrons. The molecule has 0 fully saturated rings. The largest absolute Gasteiger partial charge is 0.491 e. The lowest BCUT2D eigenvalue weighted by atomic mass is 10.1. The normalized spacial score (nSPS) is 13.2. The Morgan fingerprint density at radius 2 is 2.12 bits per heavy atom. The van der Waals surface area contributed by atoms with E-state index < -0.39 is 0 Å². The number of carbonyl (C=O) groups is 1. The van der Waals surface area contributed by atoms with E-state index in [0.717, 1.165) is 35.4 Å². The molecule has 0 bridgehead atoms. The van der Waals surface area contributed by atoms with Gasteiger partial charge >= 0.3 is 0 Å². The van der Waals surface area contributed by atoms with Crippen LogP contribution in [0.1, 0.15) is 10.4 Å². The van der Waals surface area contributed by atoms with Gasteiger partial charge in [0.15, 0.2) is 6.29 Å². The van der Waals surface area contributed by atoms with Crippen molar-refractivity contribution in [3.05, 3.63) is 42.1 Å². The molecule has 0 spiro atoms. The predicted molar refractivity (Wildman–Crippen MR) is 60.8 cm³/mol. The summed E-state index contributed by atoms with van der Waals surface area (Å²) < 4.78 is 7.72. The number of rotatable bonds is 1. The summed E-state index contributed by atoms with van der Waals surface area (Å²) in [7, 11) is 0. The monoisotopic (exact) mass is 213 g/mol. The number of aromatic nitrogens is 1. The molecule has 16 heavy (non-hydrogen) atoms. The third kappa shape index (κ3) is 1.25. The van der Waals surface area contributed by atoms with Crippen LogP contribution in [0, 0.1) is 0 Å². The molecule has 1 aliphatic rings. The fourth-order valence-electron chi connectivity index (χ4n) is 2.12. The van der Waals surface area contributed by atoms with Gasteiger partial charge in [0.25, 0.3) is 0 Å². The van der Waals surface area contributed by atoms with Crippen molar-refractivity contribution in [1.82, 2.24) is 4.57 Å². The van der Waals surface area contributed by atoms with Crippen LogP contribution < -0.4 is 4.74 Å². The Hall–Kier alpha value is -2.03. The first-order valence-corrected chi connectivity index (χ1v) is 5.26. The second-order valence-electron chi connectivity index (χ2n) is 3.78. The van der Waals surface area contributed by atoms with E-state index in [4.69, 9.17) is 4.74 Å². The van der Waals surface area contributed by atoms with E-state index in [1.54, 1.807) is 0 Å². The molecule has 80 valence electrons. The zero-order chi connectivity index (χ0) is 11.0. The molecule has 0 N–H and O–H groups in total. The van der Waals surface area contributed by atoms with Crippen molar-refractivity contribution in [1.29, 1.82) is 0 Å². The van der Waals surface area contributed by atoms with Crippen LogP contribution in [0.5, 0.6) is 5.75 Å². The Morgan fingerprint density at radius 3 is 3.00 bits per heavy atom. The van der Waals surface area contributed by atoms with Gasteiger partial charge in [-0.2, -0.15) is 0 Å². The van der Waals surface area contributed by atoms with E-state index in [1.807, 2.05) is 36.5 Å². The van der Waals surface area contributed by atoms with Crippen LogP contribution in [-0.4, -0.2) is 17.5 Å². The van der Waals surface area contributed by atoms with Crippen molar-refractivity contribution in [3.63, 3.8) is 0 Å². The molecule has 3 heteroatoms. The number of para-hydroxylation sites is 1. The molecular weight excluding hydrogens is 202 g/mol. The minimum atomic E-state index is 0.636. The summed E-state index contributed by atoms with van der Waals surface area (Å²) >= 11 is 0. The van der Waals surface area contributed by atoms with Crippen LogP contribution in [0.15, 0.2) is 36.5 Å². The van der Waals surface area contributed by atoms with E-state index in [-0.39, 0.29) is 0 Å². The number of fused-ring (bicyclic) bond motifs is 3. The van der Waals surface area contributed by atoms with Gasteiger partial charge in [0.05, 0.1) is 12.2 Å². The highest BCUT2D eigenvalue weighted by atomic mass is 16.5. The van der Waals surface area contributed by atoms with Crippen molar-refractivity contribution < 1.29 is 9.53 Å². The highest BCUT2D eigenvalue weighted by molar-refractivity contribution is 5.88. The Morgan fingerprint density at radius 1 is 1.25 bits per heavy atom. The molecule has 0 aliphatic carbocycles. The van der Waals surface area contributed by atoms with E-state index >= 15 is 0 Å². The van der Waals surface area contributed by atoms with Crippen molar-refractivity contribution in [2.45, 2.75) is 6.54 Å². The number of hydrogen-bond acceptors (Lipinski definition) is 2. The van der Waals surface area contributed by atoms with E-state index in [1.165, 1.54) is 0 Å². The molecule has 1 aromatic carbocycles. The summed E-state index contributed by atoms with van der Waals surface area (Å²) in [5, 5.41) is 0. The average Bonchev–Trinajstić information content (AvgIpc) is 2.64. The Labute approximate surface area is 93.3 Å². The van der Waals surface area contributed by atoms with Crippen LogP contribution in [0.3, 0.4) is 0 Å². The molecular formula is C13H11NO2. The van der Waals surface area contributed by atoms with Gasteiger partial charge < -0.3 is 9.30 Å². The maximum absolute atomic E-state index is 11.0. The van der Waals surface area contributed by atoms with Gasteiger partial charge in [-0.15, -0.1) is 0 Å². The number of carbonyl (C=O) groups excluding carboxylic acids is 1. The second-order valence-corrected chi connectivity index (χ2v) is 3.78. The van der Waals surface area contributed by atoms with E-state index in [2.05, 4.69) is 4.57 Å². The highest BCUT2D eigenvalue weighted by Crippen LogP contribution is 2.34. The van der Waals surface area contributed by atoms with Crippen molar-refractivity contribution >= 4 is 6.29 Å². The van der Waals surface area contributed by atoms with Gasteiger partial charge in [0.2, 0.25) is 0 Å². The predicted octanol–water partition coefficient (Wildman–Crippen LogP) is 2.36. The fourth-order valence-corrected chi connectivity index (χ4v) is 2.12. The smallest absolute Gasteiger partial charge is 0.152 e. The number of nitrogens with zero attached hydrogens (tertiary/aromatic N) is 1. The minimum absolute atomic E-state index is 0.636. The van der Waals surface area contributed by atoms with Crippen molar-refractivity contribution in [2.24, 2.45) is 0 Å². The Kier molecular flexibility index (Phi) is 2.03. The van der Waals surface area contributed by atoms with Gasteiger partial charge in [-0.1, -0.05) is 12.1 Å². The lowest BCUT2D eigenvalue weighted by molar-refractivity contribution is 0.112. The Balaban J connectivity index is 2.30. The summed E-state index contributed by atoms with van der Waals surface area (Å²) in [5.74, 6) is 0.850. The first-order valence-electron chi connectivity index (χ1n) is 5.26. The number of hydrogen-bond donors (Lipinski definition) is 0. The molecule has 0 atom stereocenters. The average molecular weight is 213 g/mol. The summed E-state index contributed by atoms with van der Waals surface area (Å²) in [6, 6.07) is 9.67. The third-order valence-electron chi connectivity index (χ3n) is 2.85. The lowest BCUT2D eigenvalue weighted by Gasteiger charge is -2.06. The van der Waals surface area contributed by atoms with Crippen LogP contribution in [0.25, 0.3) is 11.3 Å². The highest BCUT2D eigenvalue weighted by Gasteiger charge is 2.17. The summed E-state index contributed by atoms with van der Waals surface area (Å²) in [4.78, 5) is 11.0. The van der Waals surface area contributed by atoms with Gasteiger partial charge in [0.1, 0.15) is 12.4 Å². The lowest BCUT2D eigenvalue weighted by Crippen LogP contribution is -2.04. The van der Waals surface area contributed by atoms with Crippen LogP contribution >= 0.6 is 0 Å². The molecule has 1 aliphatic heterocycles. The van der Waals surface area contributed by atoms with E-state index in [0.29, 0.717) is 6.61 Å². The third-order valence-corrected chi connectivity index (χ3v) is 2.85. The molecule has 2 heterocycles. The molecule has 3 rings (SSSR count). The van der Waals surface area contributed by atoms with Crippen LogP contribution in [-0.2, 0) is 6.54 Å². The molecule has 2 aromatic rings. The fraction of sp³-hybridized carbons (Fsp3) is 0.154. The Bertz CT molecular complexity index is 543. The summed E-state index contributed by atoms with van der Waals surface area (Å²) in [6.45, 7) is 1.41. The van der Waals surface area contributed by atoms with Gasteiger partial charge in [-0.3, -0.25) is 4.79 Å². The van der Waals surface area contributed by atoms with Gasteiger partial charge in [0, 0.05) is 17.3 Å². The van der Waals surface area contributed by atoms with Crippen LogP contribution in [0.4, 0.5) is 0 Å². The number of aldehydes is 1. The first kappa shape index (κ1) is 9.21. The second kappa shape index (κ2) is 3.52. The van der Waals surface area contributed by atoms with Crippen molar-refractivity contribution in [3.8, 4) is 17.0 Å². The molecule has 0 unspecified atom stereocenters. The zero-order valence-electron chi connectivity index (χ0n) is 8.72. The molecule has 0 saturated heterocycles. The van der Waals surface area contributed by atoms with Gasteiger partial charge in [-0.05, 0) is 18.2 Å². The van der Waals surface area contributed by atoms with E-state index in [9.17, 15) is 4.79 Å². The standard InChI is InChI=1S/C13H11NO2/c15-9-10-5-6-14-7-8-16-12-4-2-1-3-11(12)13(10)14/h1-6,9H,7-8H2. The topological polar surface area (TPSA) is 31.2 Å². The summed E-state index contributed by atoms with van der Waals surface area (Å²) in [5.41, 5.74) is 2.67. The molecule has 0 amide bonds. The summed E-state index contributed by atoms with van der Waals surface area (Å²) in [6.07, 6.45) is 2.83. The molecule has 3 nitrogen and oxygen atoms in total.